The SMILES string of the molecule is [Fe].[cH-]1[cH-][cH-][cH-][cH-]1.c1cc[c-](C2CCCO2)c1. The molecule has 1 aliphatic heterocycles. The Bertz CT molecular complexity index is 313. The van der Waals surface area contributed by atoms with Gasteiger partial charge < -0.3 is 35.1 Å². The summed E-state index contributed by atoms with van der Waals surface area (Å²) >= 11 is 0. The molecule has 0 spiro atoms. The summed E-state index contributed by atoms with van der Waals surface area (Å²) in [5.41, 5.74) is 1.34. The molecule has 1 atom stereocenters. The van der Waals surface area contributed by atoms with Crippen molar-refractivity contribution in [2.75, 3.05) is 6.61 Å². The maximum Gasteiger partial charge on any atom is 0.0460 e. The number of hydrogen-bond acceptors (Lipinski definition) is 1. The van der Waals surface area contributed by atoms with Gasteiger partial charge in [0.1, 0.15) is 0 Å². The molecule has 1 saturated heterocycles. The molecule has 16 heavy (non-hydrogen) atoms. The van der Waals surface area contributed by atoms with Crippen molar-refractivity contribution in [3.05, 3.63) is 60.2 Å². The third kappa shape index (κ3) is 3.97. The summed E-state index contributed by atoms with van der Waals surface area (Å²) in [5.74, 6) is 0. The average molecular weight is 256 g/mol. The second kappa shape index (κ2) is 7.45. The Kier molecular flexibility index (Phi) is 6.17. The van der Waals surface area contributed by atoms with E-state index in [4.69, 9.17) is 4.74 Å². The Labute approximate surface area is 108 Å². The minimum absolute atomic E-state index is 0. The summed E-state index contributed by atoms with van der Waals surface area (Å²) < 4.78 is 5.50. The van der Waals surface area contributed by atoms with Gasteiger partial charge in [0.15, 0.2) is 0 Å². The van der Waals surface area contributed by atoms with Crippen molar-refractivity contribution in [3.8, 4) is 0 Å². The Morgan fingerprint density at radius 1 is 1.00 bits per heavy atom. The normalized spacial score (nSPS) is 18.4. The smallest absolute Gasteiger partial charge is 0.0460 e. The molecule has 1 fully saturated rings. The van der Waals surface area contributed by atoms with Crippen LogP contribution in [0.1, 0.15) is 24.5 Å². The van der Waals surface area contributed by atoms with Crippen molar-refractivity contribution >= 4 is 0 Å². The average Bonchev–Trinajstić information content (AvgIpc) is 3.06. The predicted octanol–water partition coefficient (Wildman–Crippen LogP) is 3.66. The monoisotopic (exact) mass is 256 g/mol. The van der Waals surface area contributed by atoms with Gasteiger partial charge in [-0.25, -0.2) is 12.1 Å². The summed E-state index contributed by atoms with van der Waals surface area (Å²) in [6.45, 7) is 0.940. The van der Waals surface area contributed by atoms with Crippen molar-refractivity contribution < 1.29 is 21.8 Å². The van der Waals surface area contributed by atoms with Crippen molar-refractivity contribution in [1.82, 2.24) is 0 Å². The molecule has 1 unspecified atom stereocenters. The molecule has 0 N–H and O–H groups in total. The van der Waals surface area contributed by atoms with Crippen LogP contribution in [0.3, 0.4) is 0 Å². The van der Waals surface area contributed by atoms with E-state index in [1.807, 2.05) is 30.3 Å². The van der Waals surface area contributed by atoms with Gasteiger partial charge in [0.2, 0.25) is 0 Å². The topological polar surface area (TPSA) is 9.23 Å². The van der Waals surface area contributed by atoms with Gasteiger partial charge >= 0.3 is 0 Å². The van der Waals surface area contributed by atoms with E-state index in [0.717, 1.165) is 6.61 Å². The zero-order valence-corrected chi connectivity index (χ0v) is 10.3. The molecule has 0 amide bonds. The molecule has 0 radical (unpaired) electrons. The Hall–Kier alpha value is -0.821. The maximum atomic E-state index is 5.50. The molecule has 1 nitrogen and oxygen atoms in total. The third-order valence-electron chi connectivity index (χ3n) is 2.55. The molecule has 2 aromatic rings. The van der Waals surface area contributed by atoms with Gasteiger partial charge in [-0.15, -0.1) is 5.56 Å². The Balaban J connectivity index is 0.000000183. The third-order valence-corrected chi connectivity index (χ3v) is 2.55. The van der Waals surface area contributed by atoms with Gasteiger partial charge in [-0.3, -0.25) is 0 Å². The van der Waals surface area contributed by atoms with Crippen LogP contribution in [-0.2, 0) is 21.8 Å². The van der Waals surface area contributed by atoms with Gasteiger partial charge in [-0.2, -0.15) is 12.1 Å². The summed E-state index contributed by atoms with van der Waals surface area (Å²) in [7, 11) is 0. The van der Waals surface area contributed by atoms with Gasteiger partial charge in [0, 0.05) is 29.8 Å². The van der Waals surface area contributed by atoms with Gasteiger partial charge in [-0.05, 0) is 12.8 Å². The first kappa shape index (κ1) is 13.2. The first-order valence-corrected chi connectivity index (χ1v) is 5.47. The molecule has 1 aliphatic rings. The van der Waals surface area contributed by atoms with Crippen LogP contribution >= 0.6 is 0 Å². The summed E-state index contributed by atoms with van der Waals surface area (Å²) in [4.78, 5) is 0. The molecular weight excluding hydrogens is 240 g/mol. The van der Waals surface area contributed by atoms with Crippen LogP contribution in [-0.4, -0.2) is 6.61 Å². The zero-order valence-electron chi connectivity index (χ0n) is 9.16. The van der Waals surface area contributed by atoms with Crippen LogP contribution in [0.5, 0.6) is 0 Å². The second-order valence-corrected chi connectivity index (χ2v) is 3.68. The largest absolute Gasteiger partial charge is 0.748 e. The van der Waals surface area contributed by atoms with E-state index < -0.39 is 0 Å². The maximum absolute atomic E-state index is 5.50. The fraction of sp³-hybridized carbons (Fsp3) is 0.286. The van der Waals surface area contributed by atoms with Crippen LogP contribution in [0.4, 0.5) is 0 Å². The molecule has 2 heteroatoms. The molecule has 0 aliphatic carbocycles. The molecule has 1 heterocycles. The molecule has 0 bridgehead atoms. The molecule has 3 rings (SSSR count). The minimum atomic E-state index is 0. The van der Waals surface area contributed by atoms with E-state index in [0.29, 0.717) is 6.10 Å². The van der Waals surface area contributed by atoms with Crippen LogP contribution in [0.25, 0.3) is 0 Å². The second-order valence-electron chi connectivity index (χ2n) is 3.68. The van der Waals surface area contributed by atoms with Gasteiger partial charge in [-0.1, -0.05) is 0 Å². The summed E-state index contributed by atoms with van der Waals surface area (Å²) in [5, 5.41) is 0. The Morgan fingerprint density at radius 2 is 1.56 bits per heavy atom. The molecule has 92 valence electrons. The van der Waals surface area contributed by atoms with E-state index in [9.17, 15) is 0 Å². The van der Waals surface area contributed by atoms with Crippen molar-refractivity contribution in [2.24, 2.45) is 0 Å². The summed E-state index contributed by atoms with van der Waals surface area (Å²) in [6.07, 6.45) is 2.81. The molecule has 2 aromatic carbocycles. The number of ether oxygens (including phenoxy) is 1. The van der Waals surface area contributed by atoms with E-state index in [-0.39, 0.29) is 17.1 Å². The van der Waals surface area contributed by atoms with Crippen LogP contribution < -0.4 is 0 Å². The standard InChI is InChI=1S/C9H11O.C5H5.Fe/c1-2-5-8(4-1)9-6-3-7-10-9;1-2-4-5-3-1;/h1-2,4-5,9H,3,6-7H2;1-5H;/q-1;-5;. The molecule has 0 saturated carbocycles. The zero-order chi connectivity index (χ0) is 10.3. The number of rotatable bonds is 1. The molecular formula is C14H16FeO-6. The van der Waals surface area contributed by atoms with Gasteiger partial charge in [0.25, 0.3) is 0 Å². The first-order chi connectivity index (χ1) is 7.47. The van der Waals surface area contributed by atoms with E-state index in [1.54, 1.807) is 0 Å². The van der Waals surface area contributed by atoms with Crippen molar-refractivity contribution in [3.63, 3.8) is 0 Å². The quantitative estimate of drug-likeness (QED) is 0.559. The Morgan fingerprint density at radius 3 is 2.00 bits per heavy atom. The van der Waals surface area contributed by atoms with Crippen molar-refractivity contribution in [1.29, 1.82) is 0 Å². The van der Waals surface area contributed by atoms with E-state index >= 15 is 0 Å². The fourth-order valence-electron chi connectivity index (χ4n) is 1.76. The number of hydrogen-bond donors (Lipinski definition) is 0. The first-order valence-electron chi connectivity index (χ1n) is 5.47. The van der Waals surface area contributed by atoms with Crippen LogP contribution in [0, 0.1) is 0 Å². The fourth-order valence-corrected chi connectivity index (χ4v) is 1.76. The summed E-state index contributed by atoms with van der Waals surface area (Å²) in [6, 6.07) is 18.4. The van der Waals surface area contributed by atoms with E-state index in [2.05, 4.69) is 24.3 Å². The molecule has 0 aromatic heterocycles. The van der Waals surface area contributed by atoms with Gasteiger partial charge in [0.05, 0.1) is 0 Å². The van der Waals surface area contributed by atoms with Crippen LogP contribution in [0.2, 0.25) is 0 Å². The van der Waals surface area contributed by atoms with E-state index in [1.165, 1.54) is 18.4 Å². The van der Waals surface area contributed by atoms with Crippen molar-refractivity contribution in [2.45, 2.75) is 18.9 Å². The predicted molar refractivity (Wildman–Crippen MR) is 62.0 cm³/mol. The van der Waals surface area contributed by atoms with Crippen LogP contribution in [0.15, 0.2) is 54.6 Å². The minimum Gasteiger partial charge on any atom is -0.748 e.